The molecule has 27 heavy (non-hydrogen) atoms. The Morgan fingerprint density at radius 3 is 2.67 bits per heavy atom. The second-order valence-corrected chi connectivity index (χ2v) is 6.59. The van der Waals surface area contributed by atoms with Gasteiger partial charge in [-0.1, -0.05) is 18.2 Å². The number of ether oxygens (including phenoxy) is 3. The molecule has 0 fully saturated rings. The fourth-order valence-electron chi connectivity index (χ4n) is 3.98. The monoisotopic (exact) mass is 371 g/mol. The number of ketones is 1. The quantitative estimate of drug-likeness (QED) is 0.802. The van der Waals surface area contributed by atoms with Gasteiger partial charge in [-0.3, -0.25) is 4.79 Å². The average Bonchev–Trinajstić information content (AvgIpc) is 2.66. The molecule has 1 aliphatic heterocycles. The summed E-state index contributed by atoms with van der Waals surface area (Å²) >= 11 is 0. The van der Waals surface area contributed by atoms with E-state index in [2.05, 4.69) is 5.32 Å². The van der Waals surface area contributed by atoms with E-state index in [0.717, 1.165) is 11.3 Å². The van der Waals surface area contributed by atoms with E-state index in [4.69, 9.17) is 14.2 Å². The third-order valence-electron chi connectivity index (χ3n) is 5.08. The summed E-state index contributed by atoms with van der Waals surface area (Å²) in [5.41, 5.74) is 2.74. The molecule has 1 aromatic carbocycles. The lowest BCUT2D eigenvalue weighted by atomic mass is 9.70. The van der Waals surface area contributed by atoms with Crippen molar-refractivity contribution in [2.24, 2.45) is 5.92 Å². The van der Waals surface area contributed by atoms with Gasteiger partial charge in [0, 0.05) is 29.3 Å². The molecule has 1 heterocycles. The molecule has 0 amide bonds. The number of carbonyl (C=O) groups is 2. The Morgan fingerprint density at radius 1 is 1.22 bits per heavy atom. The molecule has 144 valence electrons. The Labute approximate surface area is 159 Å². The summed E-state index contributed by atoms with van der Waals surface area (Å²) in [6.45, 7) is 3.86. The summed E-state index contributed by atoms with van der Waals surface area (Å²) in [6, 6.07) is 5.51. The Kier molecular flexibility index (Phi) is 5.54. The van der Waals surface area contributed by atoms with E-state index in [1.807, 2.05) is 25.1 Å². The lowest BCUT2D eigenvalue weighted by molar-refractivity contribution is -0.139. The number of hydrogen-bond donors (Lipinski definition) is 1. The first-order valence-corrected chi connectivity index (χ1v) is 9.12. The SMILES string of the molecule is CCOC(=O)C1=C(C)NC2=CCCC(=O)C2C1c1cccc(OC)c1OC. The van der Waals surface area contributed by atoms with Crippen molar-refractivity contribution >= 4 is 11.8 Å². The van der Waals surface area contributed by atoms with E-state index >= 15 is 0 Å². The van der Waals surface area contributed by atoms with Gasteiger partial charge >= 0.3 is 5.97 Å². The Bertz CT molecular complexity index is 824. The van der Waals surface area contributed by atoms with Crippen molar-refractivity contribution in [3.05, 3.63) is 46.8 Å². The van der Waals surface area contributed by atoms with Crippen LogP contribution in [0, 0.1) is 5.92 Å². The lowest BCUT2D eigenvalue weighted by Crippen LogP contribution is -2.41. The van der Waals surface area contributed by atoms with E-state index in [9.17, 15) is 9.59 Å². The van der Waals surface area contributed by atoms with E-state index in [0.29, 0.717) is 35.6 Å². The summed E-state index contributed by atoms with van der Waals surface area (Å²) in [5.74, 6) is -0.196. The van der Waals surface area contributed by atoms with Gasteiger partial charge in [-0.25, -0.2) is 4.79 Å². The second kappa shape index (κ2) is 7.86. The Balaban J connectivity index is 2.25. The smallest absolute Gasteiger partial charge is 0.336 e. The molecule has 0 saturated carbocycles. The number of carbonyl (C=O) groups excluding carboxylic acids is 2. The number of benzene rings is 1. The molecule has 1 aliphatic carbocycles. The maximum Gasteiger partial charge on any atom is 0.336 e. The molecule has 0 radical (unpaired) electrons. The zero-order valence-corrected chi connectivity index (χ0v) is 16.1. The van der Waals surface area contributed by atoms with Gasteiger partial charge in [-0.05, 0) is 26.3 Å². The van der Waals surface area contributed by atoms with Gasteiger partial charge < -0.3 is 19.5 Å². The predicted molar refractivity (Wildman–Crippen MR) is 101 cm³/mol. The summed E-state index contributed by atoms with van der Waals surface area (Å²) in [7, 11) is 3.12. The minimum absolute atomic E-state index is 0.101. The molecule has 2 unspecified atom stereocenters. The van der Waals surface area contributed by atoms with Crippen molar-refractivity contribution in [1.29, 1.82) is 0 Å². The van der Waals surface area contributed by atoms with Crippen molar-refractivity contribution < 1.29 is 23.8 Å². The van der Waals surface area contributed by atoms with E-state index in [-0.39, 0.29) is 12.4 Å². The molecule has 3 rings (SSSR count). The van der Waals surface area contributed by atoms with Crippen LogP contribution in [0.5, 0.6) is 11.5 Å². The number of allylic oxidation sites excluding steroid dienone is 3. The number of hydrogen-bond acceptors (Lipinski definition) is 6. The van der Waals surface area contributed by atoms with Crippen molar-refractivity contribution in [3.8, 4) is 11.5 Å². The number of rotatable bonds is 5. The van der Waals surface area contributed by atoms with Crippen molar-refractivity contribution in [3.63, 3.8) is 0 Å². The highest BCUT2D eigenvalue weighted by molar-refractivity contribution is 5.96. The Morgan fingerprint density at radius 2 is 2.00 bits per heavy atom. The normalized spacial score (nSPS) is 21.8. The number of Topliss-reactive ketones (excluding diaryl/α,β-unsaturated/α-hetero) is 1. The van der Waals surface area contributed by atoms with Crippen LogP contribution in [-0.4, -0.2) is 32.6 Å². The minimum Gasteiger partial charge on any atom is -0.493 e. The number of fused-ring (bicyclic) bond motifs is 1. The molecule has 6 heteroatoms. The third kappa shape index (κ3) is 3.31. The van der Waals surface area contributed by atoms with Gasteiger partial charge in [-0.2, -0.15) is 0 Å². The van der Waals surface area contributed by atoms with E-state index in [1.54, 1.807) is 27.2 Å². The first-order chi connectivity index (χ1) is 13.0. The molecule has 0 aromatic heterocycles. The molecule has 6 nitrogen and oxygen atoms in total. The van der Waals surface area contributed by atoms with Crippen molar-refractivity contribution in [1.82, 2.24) is 5.32 Å². The van der Waals surface area contributed by atoms with Crippen LogP contribution >= 0.6 is 0 Å². The predicted octanol–water partition coefficient (Wildman–Crippen LogP) is 3.09. The molecule has 0 spiro atoms. The maximum absolute atomic E-state index is 12.9. The topological polar surface area (TPSA) is 73.9 Å². The second-order valence-electron chi connectivity index (χ2n) is 6.59. The standard InChI is InChI=1S/C21H25NO5/c1-5-27-21(24)17-12(2)22-14-9-7-10-15(23)19(14)18(17)13-8-6-11-16(25-3)20(13)26-4/h6,8-9,11,18-19,22H,5,7,10H2,1-4H3. The fourth-order valence-corrected chi connectivity index (χ4v) is 3.98. The van der Waals surface area contributed by atoms with Gasteiger partial charge in [0.15, 0.2) is 11.5 Å². The molecule has 2 aliphatic rings. The molecule has 1 N–H and O–H groups in total. The van der Waals surface area contributed by atoms with Crippen LogP contribution in [0.4, 0.5) is 0 Å². The van der Waals surface area contributed by atoms with Crippen LogP contribution in [0.15, 0.2) is 41.2 Å². The average molecular weight is 371 g/mol. The van der Waals surface area contributed by atoms with Crippen LogP contribution in [0.25, 0.3) is 0 Å². The van der Waals surface area contributed by atoms with Gasteiger partial charge in [0.2, 0.25) is 0 Å². The lowest BCUT2D eigenvalue weighted by Gasteiger charge is -2.38. The molecule has 2 atom stereocenters. The maximum atomic E-state index is 12.9. The van der Waals surface area contributed by atoms with Crippen LogP contribution in [0.1, 0.15) is 38.2 Å². The zero-order chi connectivity index (χ0) is 19.6. The fraction of sp³-hybridized carbons (Fsp3) is 0.429. The highest BCUT2D eigenvalue weighted by Gasteiger charge is 2.44. The summed E-state index contributed by atoms with van der Waals surface area (Å²) in [6.07, 6.45) is 3.19. The third-order valence-corrected chi connectivity index (χ3v) is 5.08. The number of nitrogens with one attached hydrogen (secondary N) is 1. The summed E-state index contributed by atoms with van der Waals surface area (Å²) in [5, 5.41) is 3.25. The van der Waals surface area contributed by atoms with Crippen LogP contribution in [-0.2, 0) is 14.3 Å². The Hall–Kier alpha value is -2.76. The number of esters is 1. The van der Waals surface area contributed by atoms with Crippen LogP contribution < -0.4 is 14.8 Å². The van der Waals surface area contributed by atoms with Crippen molar-refractivity contribution in [2.75, 3.05) is 20.8 Å². The van der Waals surface area contributed by atoms with Crippen LogP contribution in [0.2, 0.25) is 0 Å². The first kappa shape index (κ1) is 19.0. The molecule has 1 aromatic rings. The molecule has 0 saturated heterocycles. The van der Waals surface area contributed by atoms with Gasteiger partial charge in [0.25, 0.3) is 0 Å². The summed E-state index contributed by atoms with van der Waals surface area (Å²) in [4.78, 5) is 25.7. The van der Waals surface area contributed by atoms with Crippen LogP contribution in [0.3, 0.4) is 0 Å². The highest BCUT2D eigenvalue weighted by Crippen LogP contribution is 2.48. The van der Waals surface area contributed by atoms with E-state index in [1.165, 1.54) is 0 Å². The minimum atomic E-state index is -0.491. The molecular weight excluding hydrogens is 346 g/mol. The highest BCUT2D eigenvalue weighted by atomic mass is 16.5. The van der Waals surface area contributed by atoms with Gasteiger partial charge in [0.05, 0.1) is 32.3 Å². The zero-order valence-electron chi connectivity index (χ0n) is 16.1. The van der Waals surface area contributed by atoms with Crippen molar-refractivity contribution in [2.45, 2.75) is 32.6 Å². The van der Waals surface area contributed by atoms with Gasteiger partial charge in [0.1, 0.15) is 5.78 Å². The van der Waals surface area contributed by atoms with E-state index < -0.39 is 17.8 Å². The van der Waals surface area contributed by atoms with Gasteiger partial charge in [-0.15, -0.1) is 0 Å². The number of methoxy groups -OCH3 is 2. The largest absolute Gasteiger partial charge is 0.493 e. The molecule has 0 bridgehead atoms. The first-order valence-electron chi connectivity index (χ1n) is 9.12. The number of para-hydroxylation sites is 1. The summed E-state index contributed by atoms with van der Waals surface area (Å²) < 4.78 is 16.3. The molecular formula is C21H25NO5.